The maximum absolute atomic E-state index is 11.5. The van der Waals surface area contributed by atoms with E-state index in [-0.39, 0.29) is 10.6 Å². The molecule has 1 aromatic carbocycles. The first-order chi connectivity index (χ1) is 6.72. The lowest BCUT2D eigenvalue weighted by molar-refractivity contribution is 0.415. The van der Waals surface area contributed by atoms with E-state index in [1.165, 1.54) is 7.11 Å². The highest BCUT2D eigenvalue weighted by Crippen LogP contribution is 2.16. The molecule has 1 aromatic heterocycles. The molecule has 0 spiro atoms. The van der Waals surface area contributed by atoms with Gasteiger partial charge in [-0.05, 0) is 18.2 Å². The Hall–Kier alpha value is -1.55. The number of methoxy groups -OCH3 is 1. The maximum atomic E-state index is 11.5. The van der Waals surface area contributed by atoms with Crippen molar-refractivity contribution in [1.82, 2.24) is 10.2 Å². The molecular weight excluding hydrogens is 204 g/mol. The molecular formula is C9H7ClN2O2. The third-order valence-corrected chi connectivity index (χ3v) is 2.19. The van der Waals surface area contributed by atoms with Crippen molar-refractivity contribution in [1.29, 1.82) is 0 Å². The molecule has 72 valence electrons. The first kappa shape index (κ1) is 9.02. The first-order valence-electron chi connectivity index (χ1n) is 3.94. The molecule has 4 nitrogen and oxygen atoms in total. The Labute approximate surface area is 84.5 Å². The summed E-state index contributed by atoms with van der Waals surface area (Å²) in [4.78, 5) is 11.5. The van der Waals surface area contributed by atoms with Crippen LogP contribution in [0.2, 0.25) is 5.15 Å². The van der Waals surface area contributed by atoms with Crippen LogP contribution in [-0.4, -0.2) is 17.3 Å². The summed E-state index contributed by atoms with van der Waals surface area (Å²) in [7, 11) is 1.54. The predicted octanol–water partition coefficient (Wildman–Crippen LogP) is 1.59. The van der Waals surface area contributed by atoms with Gasteiger partial charge in [0.1, 0.15) is 5.75 Å². The van der Waals surface area contributed by atoms with Crippen molar-refractivity contribution >= 4 is 22.5 Å². The second kappa shape index (κ2) is 3.31. The summed E-state index contributed by atoms with van der Waals surface area (Å²) < 4.78 is 5.00. The first-order valence-corrected chi connectivity index (χ1v) is 4.32. The van der Waals surface area contributed by atoms with Crippen LogP contribution in [0, 0.1) is 0 Å². The molecule has 0 aliphatic heterocycles. The Morgan fingerprint density at radius 1 is 1.50 bits per heavy atom. The lowest BCUT2D eigenvalue weighted by atomic mass is 10.2. The molecule has 0 saturated carbocycles. The van der Waals surface area contributed by atoms with Gasteiger partial charge in [0, 0.05) is 0 Å². The zero-order valence-electron chi connectivity index (χ0n) is 7.37. The topological polar surface area (TPSA) is 55.0 Å². The van der Waals surface area contributed by atoms with E-state index in [0.717, 1.165) is 0 Å². The average molecular weight is 211 g/mol. The summed E-state index contributed by atoms with van der Waals surface area (Å²) >= 11 is 5.59. The number of halogens is 1. The molecule has 0 unspecified atom stereocenters. The van der Waals surface area contributed by atoms with E-state index in [1.54, 1.807) is 18.2 Å². The van der Waals surface area contributed by atoms with Gasteiger partial charge in [0.2, 0.25) is 5.43 Å². The molecule has 0 aliphatic carbocycles. The number of H-pyrrole nitrogens is 1. The number of ether oxygens (including phenoxy) is 1. The second-order valence-corrected chi connectivity index (χ2v) is 3.11. The minimum Gasteiger partial charge on any atom is -0.497 e. The van der Waals surface area contributed by atoms with Crippen LogP contribution in [0.25, 0.3) is 10.9 Å². The number of aromatic nitrogens is 2. The highest BCUT2D eigenvalue weighted by Gasteiger charge is 2.04. The average Bonchev–Trinajstić information content (AvgIpc) is 2.23. The van der Waals surface area contributed by atoms with E-state index in [2.05, 4.69) is 10.2 Å². The molecule has 14 heavy (non-hydrogen) atoms. The number of hydrogen-bond donors (Lipinski definition) is 1. The fourth-order valence-corrected chi connectivity index (χ4v) is 1.35. The van der Waals surface area contributed by atoms with Crippen molar-refractivity contribution < 1.29 is 4.74 Å². The van der Waals surface area contributed by atoms with Gasteiger partial charge in [0.25, 0.3) is 0 Å². The minimum absolute atomic E-state index is 0.0641. The molecule has 0 saturated heterocycles. The number of benzene rings is 1. The molecule has 0 atom stereocenters. The summed E-state index contributed by atoms with van der Waals surface area (Å²) in [6, 6.07) is 5.09. The smallest absolute Gasteiger partial charge is 0.227 e. The zero-order chi connectivity index (χ0) is 10.1. The molecule has 0 radical (unpaired) electrons. The van der Waals surface area contributed by atoms with Crippen LogP contribution in [-0.2, 0) is 0 Å². The van der Waals surface area contributed by atoms with Gasteiger partial charge in [-0.1, -0.05) is 11.6 Å². The fraction of sp³-hybridized carbons (Fsp3) is 0.111. The number of hydrogen-bond acceptors (Lipinski definition) is 3. The molecule has 0 bridgehead atoms. The van der Waals surface area contributed by atoms with E-state index >= 15 is 0 Å². The van der Waals surface area contributed by atoms with E-state index in [0.29, 0.717) is 16.7 Å². The molecule has 2 rings (SSSR count). The van der Waals surface area contributed by atoms with Crippen molar-refractivity contribution in [3.63, 3.8) is 0 Å². The van der Waals surface area contributed by atoms with Crippen molar-refractivity contribution in [3.8, 4) is 5.75 Å². The van der Waals surface area contributed by atoms with Crippen LogP contribution < -0.4 is 10.2 Å². The summed E-state index contributed by atoms with van der Waals surface area (Å²) in [6.45, 7) is 0. The molecule has 0 amide bonds. The van der Waals surface area contributed by atoms with Gasteiger partial charge in [0.05, 0.1) is 18.0 Å². The lowest BCUT2D eigenvalue weighted by Crippen LogP contribution is -2.06. The van der Waals surface area contributed by atoms with E-state index < -0.39 is 0 Å². The number of nitrogens with one attached hydrogen (secondary N) is 1. The van der Waals surface area contributed by atoms with E-state index in [4.69, 9.17) is 16.3 Å². The van der Waals surface area contributed by atoms with Crippen molar-refractivity contribution in [2.45, 2.75) is 0 Å². The number of aromatic amines is 1. The number of nitrogens with zero attached hydrogens (tertiary/aromatic N) is 1. The van der Waals surface area contributed by atoms with Gasteiger partial charge < -0.3 is 4.74 Å². The molecule has 5 heteroatoms. The minimum atomic E-state index is -0.292. The van der Waals surface area contributed by atoms with Gasteiger partial charge in [0.15, 0.2) is 5.15 Å². The summed E-state index contributed by atoms with van der Waals surface area (Å²) in [6.07, 6.45) is 0. The van der Waals surface area contributed by atoms with Crippen LogP contribution in [0.1, 0.15) is 0 Å². The van der Waals surface area contributed by atoms with Crippen molar-refractivity contribution in [2.24, 2.45) is 0 Å². The van der Waals surface area contributed by atoms with Gasteiger partial charge in [-0.2, -0.15) is 5.10 Å². The standard InChI is InChI=1S/C9H7ClN2O2/c1-14-5-2-3-7-6(4-5)8(13)9(10)12-11-7/h2-4H,1H3,(H,11,13). The largest absolute Gasteiger partial charge is 0.497 e. The molecule has 0 aliphatic rings. The van der Waals surface area contributed by atoms with Crippen molar-refractivity contribution in [3.05, 3.63) is 33.6 Å². The fourth-order valence-electron chi connectivity index (χ4n) is 1.21. The molecule has 1 heterocycles. The SMILES string of the molecule is COc1ccc2[nH]nc(Cl)c(=O)c2c1. The summed E-state index contributed by atoms with van der Waals surface area (Å²) in [5.74, 6) is 0.616. The van der Waals surface area contributed by atoms with Crippen LogP contribution in [0.15, 0.2) is 23.0 Å². The lowest BCUT2D eigenvalue weighted by Gasteiger charge is -2.01. The van der Waals surface area contributed by atoms with E-state index in [1.807, 2.05) is 0 Å². The highest BCUT2D eigenvalue weighted by molar-refractivity contribution is 6.29. The Kier molecular flexibility index (Phi) is 2.13. The van der Waals surface area contributed by atoms with Gasteiger partial charge in [-0.3, -0.25) is 9.89 Å². The van der Waals surface area contributed by atoms with Crippen LogP contribution >= 0.6 is 11.6 Å². The molecule has 1 N–H and O–H groups in total. The Bertz CT molecular complexity index is 536. The van der Waals surface area contributed by atoms with Gasteiger partial charge in [-0.15, -0.1) is 0 Å². The number of fused-ring (bicyclic) bond motifs is 1. The maximum Gasteiger partial charge on any atom is 0.227 e. The number of rotatable bonds is 1. The Morgan fingerprint density at radius 3 is 3.00 bits per heavy atom. The quantitative estimate of drug-likeness (QED) is 0.778. The second-order valence-electron chi connectivity index (χ2n) is 2.76. The normalized spacial score (nSPS) is 10.4. The monoisotopic (exact) mass is 210 g/mol. The summed E-state index contributed by atoms with van der Waals surface area (Å²) in [5, 5.41) is 6.74. The Morgan fingerprint density at radius 2 is 2.29 bits per heavy atom. The highest BCUT2D eigenvalue weighted by atomic mass is 35.5. The van der Waals surface area contributed by atoms with E-state index in [9.17, 15) is 4.79 Å². The van der Waals surface area contributed by atoms with Gasteiger partial charge in [-0.25, -0.2) is 0 Å². The predicted molar refractivity (Wildman–Crippen MR) is 53.9 cm³/mol. The van der Waals surface area contributed by atoms with Crippen LogP contribution in [0.5, 0.6) is 5.75 Å². The molecule has 0 fully saturated rings. The zero-order valence-corrected chi connectivity index (χ0v) is 8.13. The third-order valence-electron chi connectivity index (χ3n) is 1.93. The Balaban J connectivity index is 2.85. The van der Waals surface area contributed by atoms with Gasteiger partial charge >= 0.3 is 0 Å². The molecule has 2 aromatic rings. The third kappa shape index (κ3) is 1.33. The summed E-state index contributed by atoms with van der Waals surface area (Å²) in [5.41, 5.74) is 0.347. The van der Waals surface area contributed by atoms with Crippen molar-refractivity contribution in [2.75, 3.05) is 7.11 Å². The van der Waals surface area contributed by atoms with Crippen LogP contribution in [0.4, 0.5) is 0 Å². The van der Waals surface area contributed by atoms with Crippen LogP contribution in [0.3, 0.4) is 0 Å².